The van der Waals surface area contributed by atoms with Gasteiger partial charge in [-0.15, -0.1) is 0 Å². The second-order valence-electron chi connectivity index (χ2n) is 6.81. The number of carbonyl (C=O) groups excluding carboxylic acids is 1. The zero-order valence-corrected chi connectivity index (χ0v) is 15.3. The number of alkyl halides is 13. The molecule has 31 heavy (non-hydrogen) atoms. The average Bonchev–Trinajstić information content (AvgIpc) is 2.64. The molecule has 1 saturated heterocycles. The molecule has 0 saturated carbocycles. The van der Waals surface area contributed by atoms with Gasteiger partial charge in [-0.3, -0.25) is 4.79 Å². The van der Waals surface area contributed by atoms with Crippen molar-refractivity contribution < 1.29 is 66.6 Å². The van der Waals surface area contributed by atoms with E-state index >= 15 is 0 Å². The maximum atomic E-state index is 13.5. The van der Waals surface area contributed by atoms with Gasteiger partial charge in [0.2, 0.25) is 0 Å². The van der Waals surface area contributed by atoms with Gasteiger partial charge in [-0.05, 0) is 25.9 Å². The first-order valence-electron chi connectivity index (χ1n) is 8.56. The lowest BCUT2D eigenvalue weighted by atomic mass is 9.94. The van der Waals surface area contributed by atoms with Crippen LogP contribution in [0.1, 0.15) is 25.7 Å². The molecular formula is C15H16F13NO2. The largest absolute Gasteiger partial charge is 0.460 e. The Bertz CT molecular complexity index is 627. The number of likely N-dealkylation sites (tertiary alicyclic amines) is 1. The van der Waals surface area contributed by atoms with E-state index in [1.54, 1.807) is 4.90 Å². The first-order valence-corrected chi connectivity index (χ1v) is 8.56. The third kappa shape index (κ3) is 5.13. The van der Waals surface area contributed by atoms with E-state index in [1.807, 2.05) is 0 Å². The van der Waals surface area contributed by atoms with E-state index in [0.717, 1.165) is 19.3 Å². The van der Waals surface area contributed by atoms with Crippen molar-refractivity contribution in [2.45, 2.75) is 61.5 Å². The number of esters is 1. The molecule has 0 bridgehead atoms. The van der Waals surface area contributed by atoms with E-state index in [9.17, 15) is 61.9 Å². The summed E-state index contributed by atoms with van der Waals surface area (Å²) in [6, 6.07) is 0. The van der Waals surface area contributed by atoms with Gasteiger partial charge < -0.3 is 9.64 Å². The Morgan fingerprint density at radius 2 is 1.13 bits per heavy atom. The van der Waals surface area contributed by atoms with E-state index < -0.39 is 54.8 Å². The molecule has 1 heterocycles. The summed E-state index contributed by atoms with van der Waals surface area (Å²) < 4.78 is 172. The predicted molar refractivity (Wildman–Crippen MR) is 76.7 cm³/mol. The number of halogens is 13. The van der Waals surface area contributed by atoms with Crippen molar-refractivity contribution in [1.82, 2.24) is 4.90 Å². The summed E-state index contributed by atoms with van der Waals surface area (Å²) in [4.78, 5) is 13.0. The third-order valence-corrected chi connectivity index (χ3v) is 4.49. The summed E-state index contributed by atoms with van der Waals surface area (Å²) in [6.07, 6.45) is -5.78. The van der Waals surface area contributed by atoms with Crippen LogP contribution in [-0.2, 0) is 9.53 Å². The number of piperidine rings is 1. The monoisotopic (exact) mass is 489 g/mol. The quantitative estimate of drug-likeness (QED) is 0.332. The molecule has 0 aromatic heterocycles. The summed E-state index contributed by atoms with van der Waals surface area (Å²) in [5.74, 6) is -39.1. The van der Waals surface area contributed by atoms with Crippen molar-refractivity contribution in [3.63, 3.8) is 0 Å². The van der Waals surface area contributed by atoms with Crippen LogP contribution in [0.25, 0.3) is 0 Å². The Labute approximate surface area is 166 Å². The van der Waals surface area contributed by atoms with Crippen LogP contribution >= 0.6 is 0 Å². The molecule has 0 aliphatic carbocycles. The highest BCUT2D eigenvalue weighted by molar-refractivity contribution is 5.69. The normalized spacial score (nSPS) is 18.2. The lowest BCUT2D eigenvalue weighted by molar-refractivity contribution is -0.441. The highest BCUT2D eigenvalue weighted by Crippen LogP contribution is 2.60. The molecular weight excluding hydrogens is 473 g/mol. The van der Waals surface area contributed by atoms with Crippen LogP contribution in [-0.4, -0.2) is 72.9 Å². The standard InChI is InChI=1S/C15H16F13NO2/c16-10(17,8-31-9(30)4-7-29-5-2-1-3-6-29)11(18,19)12(20,21)13(22,23)14(24,25)15(26,27)28/h1-8H2. The summed E-state index contributed by atoms with van der Waals surface area (Å²) in [5.41, 5.74) is 0. The van der Waals surface area contributed by atoms with Crippen LogP contribution in [0.2, 0.25) is 0 Å². The average molecular weight is 489 g/mol. The van der Waals surface area contributed by atoms with E-state index in [0.29, 0.717) is 13.1 Å². The van der Waals surface area contributed by atoms with Crippen LogP contribution < -0.4 is 0 Å². The van der Waals surface area contributed by atoms with Crippen molar-refractivity contribution in [2.75, 3.05) is 26.2 Å². The fraction of sp³-hybridized carbons (Fsp3) is 0.933. The predicted octanol–water partition coefficient (Wildman–Crippen LogP) is 5.14. The van der Waals surface area contributed by atoms with Gasteiger partial charge in [0.1, 0.15) is 0 Å². The minimum atomic E-state index is -7.97. The van der Waals surface area contributed by atoms with Crippen molar-refractivity contribution in [3.8, 4) is 0 Å². The minimum absolute atomic E-state index is 0.0904. The molecule has 1 rings (SSSR count). The zero-order chi connectivity index (χ0) is 24.5. The maximum absolute atomic E-state index is 13.5. The molecule has 0 spiro atoms. The first kappa shape index (κ1) is 27.6. The number of hydrogen-bond acceptors (Lipinski definition) is 3. The highest BCUT2D eigenvalue weighted by atomic mass is 19.4. The molecule has 0 amide bonds. The fourth-order valence-electron chi connectivity index (χ4n) is 2.57. The van der Waals surface area contributed by atoms with Gasteiger partial charge >= 0.3 is 41.8 Å². The van der Waals surface area contributed by atoms with E-state index in [1.165, 1.54) is 0 Å². The second kappa shape index (κ2) is 8.81. The van der Waals surface area contributed by atoms with Crippen LogP contribution in [0.3, 0.4) is 0 Å². The highest BCUT2D eigenvalue weighted by Gasteiger charge is 2.90. The van der Waals surface area contributed by atoms with Crippen molar-refractivity contribution in [2.24, 2.45) is 0 Å². The molecule has 0 N–H and O–H groups in total. The van der Waals surface area contributed by atoms with Crippen LogP contribution in [0.15, 0.2) is 0 Å². The molecule has 3 nitrogen and oxygen atoms in total. The molecule has 0 atom stereocenters. The number of hydrogen-bond donors (Lipinski definition) is 0. The molecule has 184 valence electrons. The SMILES string of the molecule is O=C(CCN1CCCCC1)OCC(F)(F)C(F)(F)C(F)(F)C(F)(F)C(F)(F)C(F)(F)F. The van der Waals surface area contributed by atoms with E-state index in [-0.39, 0.29) is 6.54 Å². The third-order valence-electron chi connectivity index (χ3n) is 4.49. The zero-order valence-electron chi connectivity index (χ0n) is 15.3. The molecule has 1 fully saturated rings. The van der Waals surface area contributed by atoms with Crippen molar-refractivity contribution >= 4 is 5.97 Å². The summed E-state index contributed by atoms with van der Waals surface area (Å²) >= 11 is 0. The van der Waals surface area contributed by atoms with Gasteiger partial charge in [0.05, 0.1) is 6.42 Å². The van der Waals surface area contributed by atoms with E-state index in [4.69, 9.17) is 0 Å². The van der Waals surface area contributed by atoms with Gasteiger partial charge in [-0.2, -0.15) is 57.1 Å². The Morgan fingerprint density at radius 3 is 1.58 bits per heavy atom. The number of nitrogens with zero attached hydrogens (tertiary/aromatic N) is 1. The summed E-state index contributed by atoms with van der Waals surface area (Å²) in [6.45, 7) is -2.03. The molecule has 1 aliphatic heterocycles. The van der Waals surface area contributed by atoms with Gasteiger partial charge in [0.15, 0.2) is 6.61 Å². The first-order chi connectivity index (χ1) is 13.7. The van der Waals surface area contributed by atoms with Crippen LogP contribution in [0.5, 0.6) is 0 Å². The van der Waals surface area contributed by atoms with Crippen LogP contribution in [0, 0.1) is 0 Å². The Hall–Kier alpha value is -1.48. The van der Waals surface area contributed by atoms with Gasteiger partial charge in [-0.1, -0.05) is 6.42 Å². The smallest absolute Gasteiger partial charge is 0.459 e. The molecule has 0 aromatic rings. The summed E-state index contributed by atoms with van der Waals surface area (Å²) in [5, 5.41) is 0. The van der Waals surface area contributed by atoms with Crippen LogP contribution in [0.4, 0.5) is 57.1 Å². The number of rotatable bonds is 9. The van der Waals surface area contributed by atoms with Crippen molar-refractivity contribution in [1.29, 1.82) is 0 Å². The van der Waals surface area contributed by atoms with Crippen molar-refractivity contribution in [3.05, 3.63) is 0 Å². The van der Waals surface area contributed by atoms with Gasteiger partial charge in [0.25, 0.3) is 0 Å². The second-order valence-corrected chi connectivity index (χ2v) is 6.81. The molecule has 0 radical (unpaired) electrons. The molecule has 0 aromatic carbocycles. The molecule has 16 heteroatoms. The topological polar surface area (TPSA) is 29.5 Å². The molecule has 1 aliphatic rings. The summed E-state index contributed by atoms with van der Waals surface area (Å²) in [7, 11) is 0. The Kier molecular flexibility index (Phi) is 7.83. The molecule has 0 unspecified atom stereocenters. The van der Waals surface area contributed by atoms with Gasteiger partial charge in [-0.25, -0.2) is 0 Å². The lowest BCUT2D eigenvalue weighted by Crippen LogP contribution is -2.70. The minimum Gasteiger partial charge on any atom is -0.459 e. The number of ether oxygens (including phenoxy) is 1. The Balaban J connectivity index is 2.91. The maximum Gasteiger partial charge on any atom is 0.460 e. The number of carbonyl (C=O) groups is 1. The van der Waals surface area contributed by atoms with Gasteiger partial charge in [0, 0.05) is 6.54 Å². The Morgan fingerprint density at radius 1 is 0.677 bits per heavy atom. The lowest BCUT2D eigenvalue weighted by Gasteiger charge is -2.39. The van der Waals surface area contributed by atoms with E-state index in [2.05, 4.69) is 4.74 Å². The fourth-order valence-corrected chi connectivity index (χ4v) is 2.57.